The first kappa shape index (κ1) is 27.2. The van der Waals surface area contributed by atoms with Crippen molar-refractivity contribution in [3.05, 3.63) is 94.0 Å². The molecule has 0 saturated carbocycles. The summed E-state index contributed by atoms with van der Waals surface area (Å²) in [5.74, 6) is -0.630. The third-order valence-corrected chi connectivity index (χ3v) is 5.84. The molecular formula is C28H27N5O6. The van der Waals surface area contributed by atoms with Crippen LogP contribution in [-0.2, 0) is 0 Å². The third-order valence-electron chi connectivity index (χ3n) is 5.84. The van der Waals surface area contributed by atoms with E-state index >= 15 is 0 Å². The number of benzene rings is 4. The predicted octanol–water partition coefficient (Wildman–Crippen LogP) is 6.12. The standard InChI is InChI=1S/C28H27N5O6/c1-16(2)29-27(35)18-8-13-24(39-3)23(15-18)31-32-25-21-7-5-4-6-17(21)14-22(26(25)34)28(36)30-19-9-11-20(12-10-19)33(37)38/h4-16,27,29,34-35H,1-3H3,(H,30,36). The number of hydrogen-bond donors (Lipinski definition) is 4. The molecule has 0 aliphatic carbocycles. The molecule has 200 valence electrons. The van der Waals surface area contributed by atoms with Crippen molar-refractivity contribution in [3.63, 3.8) is 0 Å². The number of nitro benzene ring substituents is 1. The summed E-state index contributed by atoms with van der Waals surface area (Å²) in [6, 6.07) is 18.9. The van der Waals surface area contributed by atoms with Crippen molar-refractivity contribution in [3.8, 4) is 11.5 Å². The first-order valence-electron chi connectivity index (χ1n) is 12.0. The molecule has 0 saturated heterocycles. The Balaban J connectivity index is 1.73. The molecule has 4 aromatic rings. The van der Waals surface area contributed by atoms with Crippen LogP contribution in [0.1, 0.15) is 36.0 Å². The molecule has 4 N–H and O–H groups in total. The van der Waals surface area contributed by atoms with Gasteiger partial charge >= 0.3 is 0 Å². The highest BCUT2D eigenvalue weighted by molar-refractivity contribution is 6.11. The Bertz CT molecular complexity index is 1550. The second kappa shape index (κ2) is 11.7. The van der Waals surface area contributed by atoms with E-state index < -0.39 is 22.8 Å². The van der Waals surface area contributed by atoms with Gasteiger partial charge in [-0.1, -0.05) is 30.3 Å². The van der Waals surface area contributed by atoms with Gasteiger partial charge in [0, 0.05) is 29.2 Å². The van der Waals surface area contributed by atoms with Gasteiger partial charge in [0.1, 0.15) is 23.4 Å². The van der Waals surface area contributed by atoms with Gasteiger partial charge in [0.15, 0.2) is 5.75 Å². The highest BCUT2D eigenvalue weighted by atomic mass is 16.6. The number of anilines is 1. The first-order valence-corrected chi connectivity index (χ1v) is 12.0. The molecule has 0 radical (unpaired) electrons. The van der Waals surface area contributed by atoms with Crippen LogP contribution in [0.2, 0.25) is 0 Å². The zero-order chi connectivity index (χ0) is 28.1. The number of nitrogens with zero attached hydrogens (tertiary/aromatic N) is 3. The number of nitro groups is 1. The normalized spacial score (nSPS) is 12.1. The SMILES string of the molecule is COc1ccc(C(O)NC(C)C)cc1N=Nc1c(O)c(C(=O)Nc2ccc([N+](=O)[O-])cc2)cc2ccccc12. The van der Waals surface area contributed by atoms with E-state index in [2.05, 4.69) is 20.9 Å². The molecule has 1 atom stereocenters. The number of carbonyl (C=O) groups excluding carboxylic acids is 1. The van der Waals surface area contributed by atoms with Crippen molar-refractivity contribution in [2.45, 2.75) is 26.1 Å². The molecule has 11 heteroatoms. The van der Waals surface area contributed by atoms with Crippen molar-refractivity contribution in [1.29, 1.82) is 0 Å². The Kier molecular flexibility index (Phi) is 8.13. The average molecular weight is 530 g/mol. The van der Waals surface area contributed by atoms with Crippen LogP contribution < -0.4 is 15.4 Å². The van der Waals surface area contributed by atoms with Gasteiger partial charge in [0.2, 0.25) is 0 Å². The summed E-state index contributed by atoms with van der Waals surface area (Å²) in [6.45, 7) is 3.82. The maximum Gasteiger partial charge on any atom is 0.269 e. The van der Waals surface area contributed by atoms with Crippen molar-refractivity contribution in [1.82, 2.24) is 5.32 Å². The number of aliphatic hydroxyl groups is 1. The summed E-state index contributed by atoms with van der Waals surface area (Å²) in [7, 11) is 1.48. The van der Waals surface area contributed by atoms with E-state index in [4.69, 9.17) is 4.74 Å². The largest absolute Gasteiger partial charge is 0.505 e. The number of nitrogens with one attached hydrogen (secondary N) is 2. The summed E-state index contributed by atoms with van der Waals surface area (Å²) < 4.78 is 5.39. The molecule has 0 heterocycles. The lowest BCUT2D eigenvalue weighted by atomic mass is 10.0. The molecule has 1 unspecified atom stereocenters. The van der Waals surface area contributed by atoms with Gasteiger partial charge in [-0.05, 0) is 55.1 Å². The Labute approximate surface area is 223 Å². The van der Waals surface area contributed by atoms with Crippen LogP contribution in [0.3, 0.4) is 0 Å². The van der Waals surface area contributed by atoms with E-state index in [1.54, 1.807) is 42.5 Å². The number of methoxy groups -OCH3 is 1. The van der Waals surface area contributed by atoms with E-state index in [0.717, 1.165) is 0 Å². The average Bonchev–Trinajstić information content (AvgIpc) is 2.92. The Morgan fingerprint density at radius 1 is 1.03 bits per heavy atom. The van der Waals surface area contributed by atoms with Gasteiger partial charge in [0.25, 0.3) is 11.6 Å². The van der Waals surface area contributed by atoms with E-state index in [1.165, 1.54) is 37.4 Å². The number of phenolic OH excluding ortho intramolecular Hbond substituents is 1. The van der Waals surface area contributed by atoms with Gasteiger partial charge in [-0.2, -0.15) is 0 Å². The second-order valence-corrected chi connectivity index (χ2v) is 8.96. The fourth-order valence-electron chi connectivity index (χ4n) is 3.93. The second-order valence-electron chi connectivity index (χ2n) is 8.96. The molecule has 11 nitrogen and oxygen atoms in total. The summed E-state index contributed by atoms with van der Waals surface area (Å²) in [5.41, 5.74) is 1.06. The van der Waals surface area contributed by atoms with Gasteiger partial charge < -0.3 is 20.3 Å². The van der Waals surface area contributed by atoms with Crippen molar-refractivity contribution in [2.75, 3.05) is 12.4 Å². The van der Waals surface area contributed by atoms with E-state index in [9.17, 15) is 25.1 Å². The molecule has 0 aliphatic rings. The number of non-ortho nitro benzene ring substituents is 1. The first-order chi connectivity index (χ1) is 18.7. The molecule has 4 rings (SSSR count). The number of phenols is 1. The van der Waals surface area contributed by atoms with Crippen molar-refractivity contribution in [2.24, 2.45) is 10.2 Å². The number of aliphatic hydroxyl groups excluding tert-OH is 1. The molecule has 39 heavy (non-hydrogen) atoms. The lowest BCUT2D eigenvalue weighted by Gasteiger charge is -2.17. The minimum absolute atomic E-state index is 0.0374. The van der Waals surface area contributed by atoms with E-state index in [0.29, 0.717) is 33.5 Å². The minimum atomic E-state index is -0.939. The van der Waals surface area contributed by atoms with Crippen molar-refractivity contribution < 1.29 is 24.7 Å². The van der Waals surface area contributed by atoms with Crippen LogP contribution in [0.25, 0.3) is 10.8 Å². The number of amides is 1. The van der Waals surface area contributed by atoms with Crippen LogP contribution in [-0.4, -0.2) is 34.2 Å². The quantitative estimate of drug-likeness (QED) is 0.0880. The Morgan fingerprint density at radius 2 is 1.74 bits per heavy atom. The minimum Gasteiger partial charge on any atom is -0.505 e. The number of aromatic hydroxyl groups is 1. The molecular weight excluding hydrogens is 502 g/mol. The maximum absolute atomic E-state index is 13.1. The number of ether oxygens (including phenoxy) is 1. The number of azo groups is 1. The summed E-state index contributed by atoms with van der Waals surface area (Å²) in [6.07, 6.45) is -0.939. The highest BCUT2D eigenvalue weighted by Crippen LogP contribution is 2.41. The van der Waals surface area contributed by atoms with Crippen LogP contribution >= 0.6 is 0 Å². The molecule has 0 bridgehead atoms. The summed E-state index contributed by atoms with van der Waals surface area (Å²) in [4.78, 5) is 23.5. The highest BCUT2D eigenvalue weighted by Gasteiger charge is 2.19. The number of rotatable bonds is 9. The summed E-state index contributed by atoms with van der Waals surface area (Å²) in [5, 5.41) is 47.9. The van der Waals surface area contributed by atoms with E-state index in [-0.39, 0.29) is 23.0 Å². The monoisotopic (exact) mass is 529 g/mol. The molecule has 0 aliphatic heterocycles. The Hall–Kier alpha value is -4.87. The predicted molar refractivity (Wildman–Crippen MR) is 147 cm³/mol. The number of hydrogen-bond acceptors (Lipinski definition) is 9. The van der Waals surface area contributed by atoms with Crippen LogP contribution in [0, 0.1) is 10.1 Å². The van der Waals surface area contributed by atoms with Gasteiger partial charge in [-0.25, -0.2) is 0 Å². The molecule has 1 amide bonds. The maximum atomic E-state index is 13.1. The fraction of sp³-hybridized carbons (Fsp3) is 0.179. The fourth-order valence-corrected chi connectivity index (χ4v) is 3.93. The lowest BCUT2D eigenvalue weighted by Crippen LogP contribution is -2.27. The van der Waals surface area contributed by atoms with Gasteiger partial charge in [-0.15, -0.1) is 10.2 Å². The third kappa shape index (κ3) is 6.17. The van der Waals surface area contributed by atoms with E-state index in [1.807, 2.05) is 13.8 Å². The van der Waals surface area contributed by atoms with Crippen LogP contribution in [0.15, 0.2) is 83.0 Å². The van der Waals surface area contributed by atoms with Crippen molar-refractivity contribution >= 4 is 39.4 Å². The van der Waals surface area contributed by atoms with Crippen LogP contribution in [0.4, 0.5) is 22.7 Å². The Morgan fingerprint density at radius 3 is 2.41 bits per heavy atom. The molecule has 0 aromatic heterocycles. The smallest absolute Gasteiger partial charge is 0.269 e. The lowest BCUT2D eigenvalue weighted by molar-refractivity contribution is -0.384. The summed E-state index contributed by atoms with van der Waals surface area (Å²) >= 11 is 0. The number of carbonyl (C=O) groups is 1. The molecule has 4 aromatic carbocycles. The zero-order valence-corrected chi connectivity index (χ0v) is 21.5. The van der Waals surface area contributed by atoms with Crippen LogP contribution in [0.5, 0.6) is 11.5 Å². The van der Waals surface area contributed by atoms with Gasteiger partial charge in [0.05, 0.1) is 17.6 Å². The molecule has 0 fully saturated rings. The zero-order valence-electron chi connectivity index (χ0n) is 21.5. The van der Waals surface area contributed by atoms with Gasteiger partial charge in [-0.3, -0.25) is 20.2 Å². The molecule has 0 spiro atoms. The number of fused-ring (bicyclic) bond motifs is 1. The topological polar surface area (TPSA) is 159 Å².